The minimum absolute atomic E-state index is 0.0463. The number of rotatable bonds is 6. The fraction of sp³-hybridized carbons (Fsp3) is 0.429. The van der Waals surface area contributed by atoms with Gasteiger partial charge in [-0.25, -0.2) is 0 Å². The molecule has 0 aromatic heterocycles. The van der Waals surface area contributed by atoms with E-state index in [4.69, 9.17) is 11.5 Å². The van der Waals surface area contributed by atoms with Crippen molar-refractivity contribution >= 4 is 11.8 Å². The molecule has 0 spiro atoms. The van der Waals surface area contributed by atoms with Gasteiger partial charge < -0.3 is 21.9 Å². The summed E-state index contributed by atoms with van der Waals surface area (Å²) in [5.41, 5.74) is 11.1. The van der Waals surface area contributed by atoms with Crippen molar-refractivity contribution in [1.82, 2.24) is 5.32 Å². The van der Waals surface area contributed by atoms with Gasteiger partial charge in [0.2, 0.25) is 11.8 Å². The van der Waals surface area contributed by atoms with E-state index in [9.17, 15) is 14.7 Å². The molecule has 1 rings (SSSR count). The van der Waals surface area contributed by atoms with E-state index < -0.39 is 17.5 Å². The van der Waals surface area contributed by atoms with Crippen molar-refractivity contribution in [2.24, 2.45) is 11.5 Å². The Hall–Kier alpha value is -2.08. The van der Waals surface area contributed by atoms with Crippen LogP contribution in [0.5, 0.6) is 5.75 Å². The number of nitrogens with one attached hydrogen (secondary N) is 1. The number of nitrogens with two attached hydrogens (primary N) is 2. The first-order valence-electron chi connectivity index (χ1n) is 6.33. The molecule has 0 heterocycles. The molecule has 1 atom stereocenters. The molecule has 6 N–H and O–H groups in total. The van der Waals surface area contributed by atoms with E-state index in [1.165, 1.54) is 12.1 Å². The van der Waals surface area contributed by atoms with Crippen LogP contribution in [0.2, 0.25) is 0 Å². The van der Waals surface area contributed by atoms with Crippen molar-refractivity contribution in [2.45, 2.75) is 38.3 Å². The highest BCUT2D eigenvalue weighted by atomic mass is 16.3. The van der Waals surface area contributed by atoms with Gasteiger partial charge in [-0.3, -0.25) is 9.59 Å². The minimum Gasteiger partial charge on any atom is -0.508 e. The Morgan fingerprint density at radius 1 is 1.30 bits per heavy atom. The summed E-state index contributed by atoms with van der Waals surface area (Å²) >= 11 is 0. The highest BCUT2D eigenvalue weighted by Gasteiger charge is 2.25. The molecule has 0 aliphatic carbocycles. The number of hydrogen-bond acceptors (Lipinski definition) is 4. The normalized spacial score (nSPS) is 12.8. The SMILES string of the molecule is CC(C)(CC(N)=O)NC(=O)[C@H](N)Cc1ccc(O)cc1. The van der Waals surface area contributed by atoms with Gasteiger partial charge in [0.15, 0.2) is 0 Å². The number of primary amides is 1. The molecule has 0 bridgehead atoms. The standard InChI is InChI=1S/C14H21N3O3/c1-14(2,8-12(16)19)17-13(20)11(15)7-9-3-5-10(18)6-4-9/h3-6,11,18H,7-8,15H2,1-2H3,(H2,16,19)(H,17,20)/t11-/m1/s1. The Kier molecular flexibility index (Phi) is 5.10. The first-order valence-corrected chi connectivity index (χ1v) is 6.33. The third-order valence-corrected chi connectivity index (χ3v) is 2.81. The lowest BCUT2D eigenvalue weighted by Crippen LogP contribution is -2.52. The molecule has 6 heteroatoms. The number of carbonyl (C=O) groups excluding carboxylic acids is 2. The molecule has 1 aromatic rings. The van der Waals surface area contributed by atoms with Gasteiger partial charge in [-0.15, -0.1) is 0 Å². The largest absolute Gasteiger partial charge is 0.508 e. The van der Waals surface area contributed by atoms with Crippen molar-refractivity contribution in [3.05, 3.63) is 29.8 Å². The third kappa shape index (κ3) is 5.27. The molecule has 2 amide bonds. The summed E-state index contributed by atoms with van der Waals surface area (Å²) in [6, 6.07) is 5.76. The zero-order chi connectivity index (χ0) is 15.3. The van der Waals surface area contributed by atoms with E-state index >= 15 is 0 Å². The minimum atomic E-state index is -0.730. The molecule has 0 aliphatic heterocycles. The number of aromatic hydroxyl groups is 1. The summed E-state index contributed by atoms with van der Waals surface area (Å²) in [6.07, 6.45) is 0.392. The Morgan fingerprint density at radius 2 is 1.85 bits per heavy atom. The van der Waals surface area contributed by atoms with E-state index in [0.29, 0.717) is 6.42 Å². The molecule has 20 heavy (non-hydrogen) atoms. The van der Waals surface area contributed by atoms with Gasteiger partial charge in [0.25, 0.3) is 0 Å². The Labute approximate surface area is 118 Å². The van der Waals surface area contributed by atoms with Crippen molar-refractivity contribution in [3.8, 4) is 5.75 Å². The number of hydrogen-bond donors (Lipinski definition) is 4. The highest BCUT2D eigenvalue weighted by molar-refractivity contribution is 5.83. The maximum Gasteiger partial charge on any atom is 0.237 e. The van der Waals surface area contributed by atoms with Crippen molar-refractivity contribution in [1.29, 1.82) is 0 Å². The second-order valence-electron chi connectivity index (χ2n) is 5.49. The highest BCUT2D eigenvalue weighted by Crippen LogP contribution is 2.12. The molecular formula is C14H21N3O3. The van der Waals surface area contributed by atoms with E-state index in [-0.39, 0.29) is 18.1 Å². The van der Waals surface area contributed by atoms with Crippen LogP contribution < -0.4 is 16.8 Å². The van der Waals surface area contributed by atoms with Gasteiger partial charge >= 0.3 is 0 Å². The topological polar surface area (TPSA) is 118 Å². The van der Waals surface area contributed by atoms with Crippen LogP contribution in [0, 0.1) is 0 Å². The van der Waals surface area contributed by atoms with Crippen LogP contribution in [0.1, 0.15) is 25.8 Å². The lowest BCUT2D eigenvalue weighted by atomic mass is 9.98. The number of amides is 2. The van der Waals surface area contributed by atoms with Gasteiger partial charge in [-0.2, -0.15) is 0 Å². The molecule has 0 fully saturated rings. The molecular weight excluding hydrogens is 258 g/mol. The molecule has 0 unspecified atom stereocenters. The average molecular weight is 279 g/mol. The van der Waals surface area contributed by atoms with Crippen LogP contribution in [-0.4, -0.2) is 28.5 Å². The molecule has 1 aromatic carbocycles. The lowest BCUT2D eigenvalue weighted by molar-refractivity contribution is -0.125. The quantitative estimate of drug-likeness (QED) is 0.587. The average Bonchev–Trinajstić information content (AvgIpc) is 2.29. The molecule has 0 aliphatic rings. The molecule has 0 saturated carbocycles. The van der Waals surface area contributed by atoms with Gasteiger partial charge in [-0.05, 0) is 38.0 Å². The zero-order valence-electron chi connectivity index (χ0n) is 11.7. The first-order chi connectivity index (χ1) is 9.19. The number of phenolic OH excluding ortho intramolecular Hbond substituents is 1. The Balaban J connectivity index is 2.58. The summed E-state index contributed by atoms with van der Waals surface area (Å²) in [7, 11) is 0. The van der Waals surface area contributed by atoms with Crippen LogP contribution in [0.3, 0.4) is 0 Å². The summed E-state index contributed by atoms with van der Waals surface area (Å²) in [5.74, 6) is -0.666. The molecule has 0 saturated heterocycles. The van der Waals surface area contributed by atoms with Crippen LogP contribution in [-0.2, 0) is 16.0 Å². The number of phenols is 1. The maximum absolute atomic E-state index is 12.0. The first kappa shape index (κ1) is 16.0. The van der Waals surface area contributed by atoms with Crippen molar-refractivity contribution < 1.29 is 14.7 Å². The second kappa shape index (κ2) is 6.38. The number of carbonyl (C=O) groups is 2. The van der Waals surface area contributed by atoms with Crippen LogP contribution in [0.25, 0.3) is 0 Å². The molecule has 110 valence electrons. The lowest BCUT2D eigenvalue weighted by Gasteiger charge is -2.26. The van der Waals surface area contributed by atoms with Crippen LogP contribution in [0.15, 0.2) is 24.3 Å². The van der Waals surface area contributed by atoms with Gasteiger partial charge in [0, 0.05) is 12.0 Å². The van der Waals surface area contributed by atoms with Gasteiger partial charge in [-0.1, -0.05) is 12.1 Å². The summed E-state index contributed by atoms with van der Waals surface area (Å²) in [4.78, 5) is 22.9. The summed E-state index contributed by atoms with van der Waals surface area (Å²) in [6.45, 7) is 3.42. The van der Waals surface area contributed by atoms with Crippen molar-refractivity contribution in [2.75, 3.05) is 0 Å². The van der Waals surface area contributed by atoms with E-state index in [1.54, 1.807) is 26.0 Å². The predicted octanol–water partition coefficient (Wildman–Crippen LogP) is 0.0322. The van der Waals surface area contributed by atoms with E-state index in [0.717, 1.165) is 5.56 Å². The van der Waals surface area contributed by atoms with E-state index in [2.05, 4.69) is 5.32 Å². The monoisotopic (exact) mass is 279 g/mol. The maximum atomic E-state index is 12.0. The molecule has 6 nitrogen and oxygen atoms in total. The van der Waals surface area contributed by atoms with E-state index in [1.807, 2.05) is 0 Å². The second-order valence-corrected chi connectivity index (χ2v) is 5.49. The zero-order valence-corrected chi connectivity index (χ0v) is 11.7. The van der Waals surface area contributed by atoms with Crippen LogP contribution in [0.4, 0.5) is 0 Å². The fourth-order valence-electron chi connectivity index (χ4n) is 1.88. The Bertz CT molecular complexity index is 483. The fourth-order valence-corrected chi connectivity index (χ4v) is 1.88. The molecule has 0 radical (unpaired) electrons. The van der Waals surface area contributed by atoms with Crippen molar-refractivity contribution in [3.63, 3.8) is 0 Å². The summed E-state index contributed by atoms with van der Waals surface area (Å²) in [5, 5.41) is 11.9. The third-order valence-electron chi connectivity index (χ3n) is 2.81. The smallest absolute Gasteiger partial charge is 0.237 e. The Morgan fingerprint density at radius 3 is 2.35 bits per heavy atom. The van der Waals surface area contributed by atoms with Gasteiger partial charge in [0.05, 0.1) is 6.04 Å². The van der Waals surface area contributed by atoms with Crippen LogP contribution >= 0.6 is 0 Å². The predicted molar refractivity (Wildman–Crippen MR) is 75.8 cm³/mol. The number of benzene rings is 1. The van der Waals surface area contributed by atoms with Gasteiger partial charge in [0.1, 0.15) is 5.75 Å². The summed E-state index contributed by atoms with van der Waals surface area (Å²) < 4.78 is 0.